The molecule has 0 heterocycles. The van der Waals surface area contributed by atoms with Gasteiger partial charge in [0, 0.05) is 0 Å². The molecular formula is H6AlClO3Si. The van der Waals surface area contributed by atoms with Crippen LogP contribution in [0.5, 0.6) is 0 Å². The lowest BCUT2D eigenvalue weighted by atomic mass is 15.8. The van der Waals surface area contributed by atoms with Gasteiger partial charge >= 0.3 is 9.17 Å². The van der Waals surface area contributed by atoms with Gasteiger partial charge in [0.2, 0.25) is 0 Å². The van der Waals surface area contributed by atoms with Crippen molar-refractivity contribution in [3.05, 3.63) is 0 Å². The summed E-state index contributed by atoms with van der Waals surface area (Å²) in [6, 6.07) is 0. The van der Waals surface area contributed by atoms with Gasteiger partial charge in [-0.15, -0.1) is 12.4 Å². The van der Waals surface area contributed by atoms with Crippen LogP contribution in [0.3, 0.4) is 0 Å². The van der Waals surface area contributed by atoms with Crippen molar-refractivity contribution in [2.45, 2.75) is 0 Å². The fourth-order valence-electron chi connectivity index (χ4n) is 0. The molecule has 0 bridgehead atoms. The van der Waals surface area contributed by atoms with Crippen molar-refractivity contribution in [1.29, 1.82) is 0 Å². The van der Waals surface area contributed by atoms with Gasteiger partial charge in [-0.05, 0) is 0 Å². The van der Waals surface area contributed by atoms with E-state index in [2.05, 4.69) is 0 Å². The van der Waals surface area contributed by atoms with Crippen molar-refractivity contribution in [1.82, 2.24) is 0 Å². The number of rotatable bonds is 0. The fourth-order valence-corrected chi connectivity index (χ4v) is 0. The van der Waals surface area contributed by atoms with Crippen LogP contribution >= 0.6 is 12.4 Å². The first-order valence-corrected chi connectivity index (χ1v) is 1.95. The van der Waals surface area contributed by atoms with E-state index in [4.69, 9.17) is 14.1 Å². The molecule has 2 N–H and O–H groups in total. The Morgan fingerprint density at radius 3 is 1.33 bits per heavy atom. The van der Waals surface area contributed by atoms with Crippen LogP contribution < -0.4 is 0 Å². The van der Waals surface area contributed by atoms with E-state index >= 15 is 0 Å². The van der Waals surface area contributed by atoms with Gasteiger partial charge in [0.05, 0.1) is 0 Å². The minimum Gasteiger partial charge on any atom is -0.511 e. The Morgan fingerprint density at radius 2 is 1.33 bits per heavy atom. The molecule has 0 atom stereocenters. The first-order chi connectivity index (χ1) is 1.73. The molecule has 38 valence electrons. The van der Waals surface area contributed by atoms with Crippen molar-refractivity contribution in [3.8, 4) is 0 Å². The van der Waals surface area contributed by atoms with Crippen molar-refractivity contribution in [2.24, 2.45) is 0 Å². The molecule has 0 fully saturated rings. The van der Waals surface area contributed by atoms with Crippen LogP contribution in [-0.4, -0.2) is 36.1 Å². The third-order valence-electron chi connectivity index (χ3n) is 0. The predicted molar refractivity (Wildman–Crippen MR) is 28.1 cm³/mol. The van der Waals surface area contributed by atoms with Gasteiger partial charge in [0.1, 0.15) is 0 Å². The SMILES string of the molecule is Cl.O=[Si](O)O.[AlH3]. The summed E-state index contributed by atoms with van der Waals surface area (Å²) in [5, 5.41) is 0. The summed E-state index contributed by atoms with van der Waals surface area (Å²) in [6.45, 7) is 0. The Kier molecular flexibility index (Phi) is 24.3. The molecule has 0 aromatic carbocycles. The smallest absolute Gasteiger partial charge is 0.511 e. The lowest BCUT2D eigenvalue weighted by molar-refractivity contribution is 0.330. The maximum absolute atomic E-state index is 8.74. The van der Waals surface area contributed by atoms with Crippen LogP contribution in [0.4, 0.5) is 0 Å². The molecule has 0 radical (unpaired) electrons. The normalized spacial score (nSPS) is 4.00. The lowest BCUT2D eigenvalue weighted by Gasteiger charge is -1.55. The first-order valence-electron chi connectivity index (χ1n) is 0.651. The zero-order chi connectivity index (χ0) is 3.58. The summed E-state index contributed by atoms with van der Waals surface area (Å²) in [4.78, 5) is 14.3. The Labute approximate surface area is 53.4 Å². The van der Waals surface area contributed by atoms with E-state index in [0.29, 0.717) is 0 Å². The van der Waals surface area contributed by atoms with E-state index in [9.17, 15) is 0 Å². The quantitative estimate of drug-likeness (QED) is 0.374. The highest BCUT2D eigenvalue weighted by Crippen LogP contribution is 1.27. The lowest BCUT2D eigenvalue weighted by Crippen LogP contribution is -1.90. The molecule has 0 saturated carbocycles. The molecule has 0 aliphatic carbocycles. The van der Waals surface area contributed by atoms with Crippen molar-refractivity contribution in [2.75, 3.05) is 0 Å². The van der Waals surface area contributed by atoms with Crippen molar-refractivity contribution < 1.29 is 14.1 Å². The summed E-state index contributed by atoms with van der Waals surface area (Å²) in [5.74, 6) is 0. The average molecular weight is 145 g/mol. The second kappa shape index (κ2) is 9.06. The highest BCUT2D eigenvalue weighted by atomic mass is 35.5. The standard InChI is InChI=1S/Al.ClH.H2O3Si.3H/c;;1-4(2)3;;;/h;1H;1-2H;;;. The second-order valence-corrected chi connectivity index (χ2v) is 0.848. The minimum atomic E-state index is -3.13. The number of hydrogen-bond donors (Lipinski definition) is 2. The molecule has 6 heavy (non-hydrogen) atoms. The molecule has 0 aliphatic heterocycles. The van der Waals surface area contributed by atoms with Crippen molar-refractivity contribution in [3.63, 3.8) is 0 Å². The molecule has 0 amide bonds. The molecule has 0 rings (SSSR count). The molecule has 0 aromatic heterocycles. The highest BCUT2D eigenvalue weighted by Gasteiger charge is 1.85. The zero-order valence-electron chi connectivity index (χ0n) is 2.21. The third-order valence-corrected chi connectivity index (χ3v) is 0. The molecule has 0 aliphatic rings. The van der Waals surface area contributed by atoms with Gasteiger partial charge in [-0.25, -0.2) is 0 Å². The van der Waals surface area contributed by atoms with E-state index in [1.165, 1.54) is 0 Å². The zero-order valence-corrected chi connectivity index (χ0v) is 4.03. The highest BCUT2D eigenvalue weighted by molar-refractivity contribution is 6.22. The third kappa shape index (κ3) is 272. The van der Waals surface area contributed by atoms with E-state index in [-0.39, 0.29) is 29.8 Å². The van der Waals surface area contributed by atoms with Crippen molar-refractivity contribution >= 4 is 38.9 Å². The average Bonchev–Trinajstić information content (AvgIpc) is 0.811. The van der Waals surface area contributed by atoms with Gasteiger partial charge in [0.15, 0.2) is 17.4 Å². The predicted octanol–water partition coefficient (Wildman–Crippen LogP) is -2.38. The fraction of sp³-hybridized carbons (Fsp3) is 0. The molecule has 0 aromatic rings. The summed E-state index contributed by atoms with van der Waals surface area (Å²) in [7, 11) is -3.13. The molecule has 6 heteroatoms. The minimum absolute atomic E-state index is 0. The monoisotopic (exact) mass is 144 g/mol. The molecule has 0 unspecified atom stereocenters. The Morgan fingerprint density at radius 1 is 1.33 bits per heavy atom. The van der Waals surface area contributed by atoms with Gasteiger partial charge < -0.3 is 9.59 Å². The molecule has 0 saturated heterocycles. The molecular weight excluding hydrogens is 139 g/mol. The summed E-state index contributed by atoms with van der Waals surface area (Å²) < 4.78 is 8.74. The number of halogens is 1. The topological polar surface area (TPSA) is 57.5 Å². The van der Waals surface area contributed by atoms with Gasteiger partial charge in [-0.3, -0.25) is 4.46 Å². The van der Waals surface area contributed by atoms with Crippen LogP contribution in [0.2, 0.25) is 0 Å². The van der Waals surface area contributed by atoms with Gasteiger partial charge in [-0.1, -0.05) is 0 Å². The summed E-state index contributed by atoms with van der Waals surface area (Å²) in [5.41, 5.74) is 0. The molecule has 3 nitrogen and oxygen atoms in total. The van der Waals surface area contributed by atoms with Crippen LogP contribution in [-0.2, 0) is 4.46 Å². The maximum atomic E-state index is 8.74. The van der Waals surface area contributed by atoms with E-state index in [1.54, 1.807) is 0 Å². The Bertz CT molecular complexity index is 33.8. The van der Waals surface area contributed by atoms with Crippen LogP contribution in [0.1, 0.15) is 0 Å². The first kappa shape index (κ1) is 16.1. The Balaban J connectivity index is -0.0000000450. The van der Waals surface area contributed by atoms with Gasteiger partial charge in [-0.2, -0.15) is 0 Å². The largest absolute Gasteiger partial charge is 0.761 e. The van der Waals surface area contributed by atoms with E-state index in [1.807, 2.05) is 0 Å². The second-order valence-electron chi connectivity index (χ2n) is 0.283. The van der Waals surface area contributed by atoms with Crippen LogP contribution in [0.15, 0.2) is 0 Å². The summed E-state index contributed by atoms with van der Waals surface area (Å²) in [6.07, 6.45) is 0. The Hall–Kier alpha value is 0.439. The molecule has 0 spiro atoms. The summed E-state index contributed by atoms with van der Waals surface area (Å²) >= 11 is 0. The van der Waals surface area contributed by atoms with Crippen LogP contribution in [0, 0.1) is 0 Å². The van der Waals surface area contributed by atoms with E-state index < -0.39 is 9.17 Å². The maximum Gasteiger partial charge on any atom is 0.761 e. The van der Waals surface area contributed by atoms with Crippen LogP contribution in [0.25, 0.3) is 0 Å². The van der Waals surface area contributed by atoms with E-state index in [0.717, 1.165) is 0 Å². The van der Waals surface area contributed by atoms with Gasteiger partial charge in [0.25, 0.3) is 0 Å². The number of hydrogen-bond acceptors (Lipinski definition) is 1.